The Morgan fingerprint density at radius 1 is 1.11 bits per heavy atom. The van der Waals surface area contributed by atoms with Gasteiger partial charge in [-0.2, -0.15) is 0 Å². The Balaban J connectivity index is 1.79. The molecule has 1 amide bonds. The monoisotopic (exact) mass is 404 g/mol. The minimum Gasteiger partial charge on any atom is -0.348 e. The Morgan fingerprint density at radius 2 is 1.82 bits per heavy atom. The lowest BCUT2D eigenvalue weighted by molar-refractivity contribution is -0.122. The normalized spacial score (nSPS) is 15.6. The van der Waals surface area contributed by atoms with Gasteiger partial charge in [-0.15, -0.1) is 0 Å². The average Bonchev–Trinajstić information content (AvgIpc) is 3.08. The molecular formula is C21H25FN2O3S. The number of amides is 1. The molecule has 0 fully saturated rings. The molecule has 0 spiro atoms. The SMILES string of the molecule is C[C@H](NC(=O)[C@H](C)N(c1cccc(F)c1)S(C)(=O)=O)c1ccc2c(c1)CCC2. The zero-order valence-electron chi connectivity index (χ0n) is 16.3. The maximum atomic E-state index is 13.6. The fourth-order valence-electron chi connectivity index (χ4n) is 3.70. The second kappa shape index (κ2) is 7.91. The lowest BCUT2D eigenvalue weighted by atomic mass is 10.0. The number of rotatable bonds is 6. The lowest BCUT2D eigenvalue weighted by Gasteiger charge is -2.29. The molecule has 1 aliphatic carbocycles. The maximum Gasteiger partial charge on any atom is 0.244 e. The van der Waals surface area contributed by atoms with E-state index < -0.39 is 27.8 Å². The molecule has 1 aliphatic rings. The number of fused-ring (bicyclic) bond motifs is 1. The number of anilines is 1. The van der Waals surface area contributed by atoms with Gasteiger partial charge in [0.05, 0.1) is 18.0 Å². The Labute approximate surface area is 165 Å². The van der Waals surface area contributed by atoms with Gasteiger partial charge < -0.3 is 5.32 Å². The largest absolute Gasteiger partial charge is 0.348 e. The summed E-state index contributed by atoms with van der Waals surface area (Å²) in [4.78, 5) is 12.8. The number of halogens is 1. The van der Waals surface area contributed by atoms with E-state index in [0.29, 0.717) is 0 Å². The first kappa shape index (κ1) is 20.3. The molecule has 0 saturated heterocycles. The van der Waals surface area contributed by atoms with Gasteiger partial charge in [0.25, 0.3) is 0 Å². The van der Waals surface area contributed by atoms with Crippen LogP contribution in [0.2, 0.25) is 0 Å². The Morgan fingerprint density at radius 3 is 2.50 bits per heavy atom. The van der Waals surface area contributed by atoms with Crippen LogP contribution < -0.4 is 9.62 Å². The van der Waals surface area contributed by atoms with Crippen molar-refractivity contribution in [2.75, 3.05) is 10.6 Å². The van der Waals surface area contributed by atoms with Crippen molar-refractivity contribution in [3.63, 3.8) is 0 Å². The third kappa shape index (κ3) is 4.35. The molecule has 1 N–H and O–H groups in total. The van der Waals surface area contributed by atoms with Crippen molar-refractivity contribution in [1.82, 2.24) is 5.32 Å². The Bertz CT molecular complexity index is 991. The van der Waals surface area contributed by atoms with Crippen molar-refractivity contribution in [1.29, 1.82) is 0 Å². The van der Waals surface area contributed by atoms with Crippen LogP contribution in [-0.2, 0) is 27.7 Å². The predicted octanol–water partition coefficient (Wildman–Crippen LogP) is 3.35. The fraction of sp³-hybridized carbons (Fsp3) is 0.381. The first-order chi connectivity index (χ1) is 13.2. The van der Waals surface area contributed by atoms with E-state index in [-0.39, 0.29) is 11.7 Å². The van der Waals surface area contributed by atoms with Gasteiger partial charge in [-0.3, -0.25) is 9.10 Å². The minimum atomic E-state index is -3.78. The first-order valence-electron chi connectivity index (χ1n) is 9.34. The summed E-state index contributed by atoms with van der Waals surface area (Å²) in [6.07, 6.45) is 4.28. The fourth-order valence-corrected chi connectivity index (χ4v) is 4.87. The van der Waals surface area contributed by atoms with Crippen molar-refractivity contribution in [2.24, 2.45) is 0 Å². The zero-order chi connectivity index (χ0) is 20.5. The molecule has 5 nitrogen and oxygen atoms in total. The molecule has 150 valence electrons. The summed E-state index contributed by atoms with van der Waals surface area (Å²) in [7, 11) is -3.78. The van der Waals surface area contributed by atoms with Crippen LogP contribution in [0, 0.1) is 5.82 Å². The topological polar surface area (TPSA) is 66.5 Å². The summed E-state index contributed by atoms with van der Waals surface area (Å²) in [6.45, 7) is 3.37. The lowest BCUT2D eigenvalue weighted by Crippen LogP contribution is -2.48. The number of hydrogen-bond donors (Lipinski definition) is 1. The molecule has 0 bridgehead atoms. The Hall–Kier alpha value is -2.41. The number of nitrogens with zero attached hydrogens (tertiary/aromatic N) is 1. The van der Waals surface area contributed by atoms with Crippen LogP contribution >= 0.6 is 0 Å². The molecule has 2 aromatic rings. The van der Waals surface area contributed by atoms with E-state index in [9.17, 15) is 17.6 Å². The van der Waals surface area contributed by atoms with Crippen LogP contribution in [-0.4, -0.2) is 26.6 Å². The second-order valence-corrected chi connectivity index (χ2v) is 9.19. The van der Waals surface area contributed by atoms with E-state index in [0.717, 1.165) is 41.5 Å². The van der Waals surface area contributed by atoms with Gasteiger partial charge in [-0.05, 0) is 68.0 Å². The van der Waals surface area contributed by atoms with Gasteiger partial charge in [0.1, 0.15) is 11.9 Å². The van der Waals surface area contributed by atoms with Gasteiger partial charge in [0.15, 0.2) is 0 Å². The molecule has 7 heteroatoms. The van der Waals surface area contributed by atoms with Crippen molar-refractivity contribution in [2.45, 2.75) is 45.2 Å². The number of benzene rings is 2. The number of carbonyl (C=O) groups is 1. The zero-order valence-corrected chi connectivity index (χ0v) is 17.1. The molecule has 3 rings (SSSR count). The highest BCUT2D eigenvalue weighted by molar-refractivity contribution is 7.92. The van der Waals surface area contributed by atoms with E-state index in [4.69, 9.17) is 0 Å². The highest BCUT2D eigenvalue weighted by Crippen LogP contribution is 2.26. The molecule has 0 aromatic heterocycles. The maximum absolute atomic E-state index is 13.6. The summed E-state index contributed by atoms with van der Waals surface area (Å²) >= 11 is 0. The predicted molar refractivity (Wildman–Crippen MR) is 108 cm³/mol. The number of nitrogens with one attached hydrogen (secondary N) is 1. The molecular weight excluding hydrogens is 379 g/mol. The van der Waals surface area contributed by atoms with Gasteiger partial charge >= 0.3 is 0 Å². The molecule has 2 atom stereocenters. The standard InChI is InChI=1S/C21H25FN2O3S/c1-14(17-11-10-16-6-4-7-18(16)12-17)23-21(25)15(2)24(28(3,26)27)20-9-5-8-19(22)13-20/h5,8-15H,4,6-7H2,1-3H3,(H,23,25)/t14-,15-/m0/s1. The number of aryl methyl sites for hydroxylation is 2. The Kier molecular flexibility index (Phi) is 5.74. The number of sulfonamides is 1. The molecule has 2 aromatic carbocycles. The number of hydrogen-bond acceptors (Lipinski definition) is 3. The van der Waals surface area contributed by atoms with E-state index in [1.54, 1.807) is 0 Å². The van der Waals surface area contributed by atoms with Crippen LogP contribution in [0.15, 0.2) is 42.5 Å². The smallest absolute Gasteiger partial charge is 0.244 e. The highest BCUT2D eigenvalue weighted by atomic mass is 32.2. The van der Waals surface area contributed by atoms with E-state index in [2.05, 4.69) is 17.4 Å². The van der Waals surface area contributed by atoms with Crippen molar-refractivity contribution in [3.05, 3.63) is 65.0 Å². The van der Waals surface area contributed by atoms with Gasteiger partial charge in [-0.25, -0.2) is 12.8 Å². The summed E-state index contributed by atoms with van der Waals surface area (Å²) in [5.74, 6) is -1.01. The summed E-state index contributed by atoms with van der Waals surface area (Å²) < 4.78 is 39.1. The average molecular weight is 405 g/mol. The molecule has 0 heterocycles. The van der Waals surface area contributed by atoms with Crippen molar-refractivity contribution >= 4 is 21.6 Å². The quantitative estimate of drug-likeness (QED) is 0.803. The third-order valence-electron chi connectivity index (χ3n) is 5.13. The minimum absolute atomic E-state index is 0.121. The van der Waals surface area contributed by atoms with Crippen LogP contribution in [0.5, 0.6) is 0 Å². The van der Waals surface area contributed by atoms with Gasteiger partial charge in [-0.1, -0.05) is 24.3 Å². The molecule has 28 heavy (non-hydrogen) atoms. The van der Waals surface area contributed by atoms with Crippen LogP contribution in [0.4, 0.5) is 10.1 Å². The van der Waals surface area contributed by atoms with Crippen molar-refractivity contribution < 1.29 is 17.6 Å². The van der Waals surface area contributed by atoms with E-state index in [1.165, 1.54) is 36.2 Å². The third-order valence-corrected chi connectivity index (χ3v) is 6.37. The first-order valence-corrected chi connectivity index (χ1v) is 11.2. The van der Waals surface area contributed by atoms with E-state index >= 15 is 0 Å². The molecule has 0 saturated carbocycles. The highest BCUT2D eigenvalue weighted by Gasteiger charge is 2.30. The number of carbonyl (C=O) groups excluding carboxylic acids is 1. The summed E-state index contributed by atoms with van der Waals surface area (Å²) in [6, 6.07) is 10.1. The van der Waals surface area contributed by atoms with Crippen LogP contribution in [0.1, 0.15) is 43.0 Å². The van der Waals surface area contributed by atoms with Crippen LogP contribution in [0.25, 0.3) is 0 Å². The van der Waals surface area contributed by atoms with E-state index in [1.807, 2.05) is 13.0 Å². The van der Waals surface area contributed by atoms with Gasteiger partial charge in [0, 0.05) is 0 Å². The summed E-state index contributed by atoms with van der Waals surface area (Å²) in [5.41, 5.74) is 3.77. The summed E-state index contributed by atoms with van der Waals surface area (Å²) in [5, 5.41) is 2.89. The molecule has 0 radical (unpaired) electrons. The van der Waals surface area contributed by atoms with Crippen molar-refractivity contribution in [3.8, 4) is 0 Å². The molecule has 0 aliphatic heterocycles. The second-order valence-electron chi connectivity index (χ2n) is 7.33. The van der Waals surface area contributed by atoms with Gasteiger partial charge in [0.2, 0.25) is 15.9 Å². The van der Waals surface area contributed by atoms with Crippen LogP contribution in [0.3, 0.4) is 0 Å². The molecule has 0 unspecified atom stereocenters.